The third-order valence-electron chi connectivity index (χ3n) is 2.53. The fraction of sp³-hybridized carbons (Fsp3) is 0.909. The van der Waals surface area contributed by atoms with Crippen molar-refractivity contribution in [3.63, 3.8) is 0 Å². The van der Waals surface area contributed by atoms with E-state index in [-0.39, 0.29) is 18.6 Å². The van der Waals surface area contributed by atoms with Crippen molar-refractivity contribution in [3.05, 3.63) is 0 Å². The van der Waals surface area contributed by atoms with Crippen LogP contribution >= 0.6 is 0 Å². The summed E-state index contributed by atoms with van der Waals surface area (Å²) in [5.41, 5.74) is 0. The van der Waals surface area contributed by atoms with Crippen molar-refractivity contribution in [3.8, 4) is 0 Å². The molecule has 1 aliphatic carbocycles. The average Bonchev–Trinajstić information content (AvgIpc) is 2.21. The summed E-state index contributed by atoms with van der Waals surface area (Å²) in [6, 6.07) is 0.259. The Kier molecular flexibility index (Phi) is 6.37. The molecule has 0 radical (unpaired) electrons. The Balaban J connectivity index is 1.95. The molecule has 1 amide bonds. The minimum absolute atomic E-state index is 0.0592. The van der Waals surface area contributed by atoms with Gasteiger partial charge in [0.25, 0.3) is 0 Å². The van der Waals surface area contributed by atoms with E-state index in [0.717, 1.165) is 19.4 Å². The molecule has 0 bridgehead atoms. The second-order valence-electron chi connectivity index (χ2n) is 3.86. The molecule has 1 aliphatic rings. The van der Waals surface area contributed by atoms with E-state index in [1.54, 1.807) is 7.11 Å². The lowest BCUT2D eigenvalue weighted by Crippen LogP contribution is -2.48. The number of amides is 1. The quantitative estimate of drug-likeness (QED) is 0.612. The number of rotatable bonds is 8. The topological polar surface area (TPSA) is 56.8 Å². The molecule has 1 fully saturated rings. The summed E-state index contributed by atoms with van der Waals surface area (Å²) in [7, 11) is 1.60. The summed E-state index contributed by atoms with van der Waals surface area (Å²) < 4.78 is 15.3. The van der Waals surface area contributed by atoms with Gasteiger partial charge in [-0.05, 0) is 19.8 Å². The van der Waals surface area contributed by atoms with Gasteiger partial charge in [-0.1, -0.05) is 0 Å². The van der Waals surface area contributed by atoms with Crippen molar-refractivity contribution in [1.29, 1.82) is 0 Å². The SMILES string of the molecule is CCOC1CC(NC(=O)COCCOC)C1. The predicted octanol–water partition coefficient (Wildman–Crippen LogP) is 0.333. The first kappa shape index (κ1) is 13.4. The standard InChI is InChI=1S/C11H21NO4/c1-3-16-10-6-9(7-10)12-11(13)8-15-5-4-14-2/h9-10H,3-8H2,1-2H3,(H,12,13). The van der Waals surface area contributed by atoms with Crippen LogP contribution in [0.5, 0.6) is 0 Å². The van der Waals surface area contributed by atoms with Gasteiger partial charge in [-0.15, -0.1) is 0 Å². The predicted molar refractivity (Wildman–Crippen MR) is 59.3 cm³/mol. The summed E-state index contributed by atoms with van der Waals surface area (Å²) in [6.45, 7) is 3.81. The Morgan fingerprint density at radius 3 is 2.75 bits per heavy atom. The largest absolute Gasteiger partial charge is 0.382 e. The van der Waals surface area contributed by atoms with Crippen LogP contribution < -0.4 is 5.32 Å². The summed E-state index contributed by atoms with van der Waals surface area (Å²) in [5, 5.41) is 2.90. The minimum atomic E-state index is -0.0592. The number of methoxy groups -OCH3 is 1. The second kappa shape index (κ2) is 7.60. The molecular formula is C11H21NO4. The average molecular weight is 231 g/mol. The number of carbonyl (C=O) groups excluding carboxylic acids is 1. The lowest BCUT2D eigenvalue weighted by Gasteiger charge is -2.35. The maximum Gasteiger partial charge on any atom is 0.246 e. The van der Waals surface area contributed by atoms with Gasteiger partial charge in [-0.25, -0.2) is 0 Å². The molecular weight excluding hydrogens is 210 g/mol. The van der Waals surface area contributed by atoms with E-state index in [0.29, 0.717) is 19.3 Å². The zero-order chi connectivity index (χ0) is 11.8. The highest BCUT2D eigenvalue weighted by molar-refractivity contribution is 5.77. The molecule has 0 unspecified atom stereocenters. The van der Waals surface area contributed by atoms with Gasteiger partial charge >= 0.3 is 0 Å². The molecule has 0 aliphatic heterocycles. The van der Waals surface area contributed by atoms with Crippen molar-refractivity contribution in [2.75, 3.05) is 33.5 Å². The zero-order valence-electron chi connectivity index (χ0n) is 10.0. The molecule has 0 aromatic heterocycles. The van der Waals surface area contributed by atoms with Crippen LogP contribution in [0.3, 0.4) is 0 Å². The molecule has 0 aromatic carbocycles. The van der Waals surface area contributed by atoms with Crippen LogP contribution in [0.15, 0.2) is 0 Å². The van der Waals surface area contributed by atoms with Crippen molar-refractivity contribution in [2.24, 2.45) is 0 Å². The van der Waals surface area contributed by atoms with Gasteiger partial charge in [0.15, 0.2) is 0 Å². The van der Waals surface area contributed by atoms with Crippen LogP contribution in [-0.4, -0.2) is 51.6 Å². The molecule has 94 valence electrons. The molecule has 0 heterocycles. The smallest absolute Gasteiger partial charge is 0.246 e. The van der Waals surface area contributed by atoms with Gasteiger partial charge in [0.05, 0.1) is 19.3 Å². The Hall–Kier alpha value is -0.650. The number of nitrogens with one attached hydrogen (secondary N) is 1. The molecule has 0 saturated heterocycles. The van der Waals surface area contributed by atoms with Gasteiger partial charge in [-0.3, -0.25) is 4.79 Å². The first-order valence-electron chi connectivity index (χ1n) is 5.74. The van der Waals surface area contributed by atoms with Crippen molar-refractivity contribution in [2.45, 2.75) is 31.9 Å². The highest BCUT2D eigenvalue weighted by atomic mass is 16.5. The Morgan fingerprint density at radius 2 is 2.12 bits per heavy atom. The third kappa shape index (κ3) is 4.92. The van der Waals surface area contributed by atoms with Crippen LogP contribution in [-0.2, 0) is 19.0 Å². The number of hydrogen-bond acceptors (Lipinski definition) is 4. The van der Waals surface area contributed by atoms with E-state index in [1.165, 1.54) is 0 Å². The molecule has 1 N–H and O–H groups in total. The van der Waals surface area contributed by atoms with Crippen LogP contribution in [0.25, 0.3) is 0 Å². The summed E-state index contributed by atoms with van der Waals surface area (Å²) in [6.07, 6.45) is 2.15. The van der Waals surface area contributed by atoms with Crippen molar-refractivity contribution >= 4 is 5.91 Å². The first-order chi connectivity index (χ1) is 7.76. The number of ether oxygens (including phenoxy) is 3. The zero-order valence-corrected chi connectivity index (χ0v) is 10.0. The molecule has 5 nitrogen and oxygen atoms in total. The molecule has 0 atom stereocenters. The van der Waals surface area contributed by atoms with Gasteiger partial charge < -0.3 is 19.5 Å². The Bertz CT molecular complexity index is 204. The van der Waals surface area contributed by atoms with Crippen LogP contribution in [0.2, 0.25) is 0 Å². The molecule has 16 heavy (non-hydrogen) atoms. The lowest BCUT2D eigenvalue weighted by molar-refractivity contribution is -0.128. The van der Waals surface area contributed by atoms with E-state index in [4.69, 9.17) is 14.2 Å². The summed E-state index contributed by atoms with van der Waals surface area (Å²) in [5.74, 6) is -0.0592. The third-order valence-corrected chi connectivity index (χ3v) is 2.53. The number of hydrogen-bond donors (Lipinski definition) is 1. The second-order valence-corrected chi connectivity index (χ2v) is 3.86. The van der Waals surface area contributed by atoms with Crippen molar-refractivity contribution < 1.29 is 19.0 Å². The maximum atomic E-state index is 11.4. The molecule has 0 aromatic rings. The Morgan fingerprint density at radius 1 is 1.38 bits per heavy atom. The van der Waals surface area contributed by atoms with Crippen LogP contribution in [0.1, 0.15) is 19.8 Å². The molecule has 5 heteroatoms. The molecule has 1 saturated carbocycles. The van der Waals surface area contributed by atoms with E-state index < -0.39 is 0 Å². The van der Waals surface area contributed by atoms with Gasteiger partial charge in [0.1, 0.15) is 6.61 Å². The lowest BCUT2D eigenvalue weighted by atomic mass is 9.89. The summed E-state index contributed by atoms with van der Waals surface area (Å²) in [4.78, 5) is 11.4. The fourth-order valence-corrected chi connectivity index (χ4v) is 1.63. The molecule has 1 rings (SSSR count). The monoisotopic (exact) mass is 231 g/mol. The minimum Gasteiger partial charge on any atom is -0.382 e. The van der Waals surface area contributed by atoms with Gasteiger partial charge in [0, 0.05) is 19.8 Å². The fourth-order valence-electron chi connectivity index (χ4n) is 1.63. The maximum absolute atomic E-state index is 11.4. The normalized spacial score (nSPS) is 23.9. The highest BCUT2D eigenvalue weighted by Gasteiger charge is 2.30. The van der Waals surface area contributed by atoms with E-state index in [1.807, 2.05) is 6.92 Å². The van der Waals surface area contributed by atoms with E-state index >= 15 is 0 Å². The van der Waals surface area contributed by atoms with E-state index in [9.17, 15) is 4.79 Å². The van der Waals surface area contributed by atoms with Crippen LogP contribution in [0, 0.1) is 0 Å². The molecule has 0 spiro atoms. The first-order valence-corrected chi connectivity index (χ1v) is 5.74. The van der Waals surface area contributed by atoms with Crippen molar-refractivity contribution in [1.82, 2.24) is 5.32 Å². The van der Waals surface area contributed by atoms with E-state index in [2.05, 4.69) is 5.32 Å². The van der Waals surface area contributed by atoms with Crippen LogP contribution in [0.4, 0.5) is 0 Å². The Labute approximate surface area is 96.4 Å². The van der Waals surface area contributed by atoms with Gasteiger partial charge in [0.2, 0.25) is 5.91 Å². The highest BCUT2D eigenvalue weighted by Crippen LogP contribution is 2.22. The summed E-state index contributed by atoms with van der Waals surface area (Å²) >= 11 is 0. The van der Waals surface area contributed by atoms with Gasteiger partial charge in [-0.2, -0.15) is 0 Å². The number of carbonyl (C=O) groups is 1.